The number of carbonyl (C=O) groups excluding carboxylic acids is 1. The fourth-order valence-electron chi connectivity index (χ4n) is 4.21. The Bertz CT molecular complexity index is 1060. The van der Waals surface area contributed by atoms with E-state index in [-0.39, 0.29) is 5.91 Å². The van der Waals surface area contributed by atoms with Crippen molar-refractivity contribution in [1.82, 2.24) is 0 Å². The largest absolute Gasteiger partial charge is 0.373 e. The highest BCUT2D eigenvalue weighted by atomic mass is 35.5. The Morgan fingerprint density at radius 2 is 1.73 bits per heavy atom. The Hall–Kier alpha value is -1.44. The second-order valence-corrected chi connectivity index (χ2v) is 11.7. The predicted molar refractivity (Wildman–Crippen MR) is 129 cm³/mol. The summed E-state index contributed by atoms with van der Waals surface area (Å²) in [7, 11) is 0. The fourth-order valence-corrected chi connectivity index (χ4v) is 9.14. The van der Waals surface area contributed by atoms with Gasteiger partial charge in [0.1, 0.15) is 4.08 Å². The van der Waals surface area contributed by atoms with Crippen molar-refractivity contribution in [2.45, 2.75) is 22.6 Å². The lowest BCUT2D eigenvalue weighted by atomic mass is 9.90. The number of amides is 1. The predicted octanol–water partition coefficient (Wildman–Crippen LogP) is 5.86. The molecule has 1 atom stereocenters. The Morgan fingerprint density at radius 3 is 2.43 bits per heavy atom. The number of fused-ring (bicyclic) bond motifs is 1. The molecule has 2 aliphatic heterocycles. The standard InChI is InChI=1S/C23H20ClNO2S3/c24-17-10-8-16(9-11-17)15-25-19-6-2-1-5-18(19)22(27,21(25)26)23(20-7-3-12-28-20)29-13-4-14-30-23/h1-3,5-12,27H,4,13-15H2. The molecular formula is C23H20ClNO2S3. The van der Waals surface area contributed by atoms with E-state index < -0.39 is 9.68 Å². The molecule has 1 amide bonds. The van der Waals surface area contributed by atoms with Gasteiger partial charge >= 0.3 is 0 Å². The number of thiophene rings is 1. The number of thioether (sulfide) groups is 2. The molecule has 3 nitrogen and oxygen atoms in total. The number of anilines is 1. The number of hydrogen-bond acceptors (Lipinski definition) is 5. The number of hydrogen-bond donors (Lipinski definition) is 1. The monoisotopic (exact) mass is 473 g/mol. The van der Waals surface area contributed by atoms with E-state index in [1.807, 2.05) is 66.0 Å². The summed E-state index contributed by atoms with van der Waals surface area (Å²) in [6.45, 7) is 0.394. The second kappa shape index (κ2) is 7.92. The van der Waals surface area contributed by atoms with Crippen molar-refractivity contribution in [2.24, 2.45) is 0 Å². The summed E-state index contributed by atoms with van der Waals surface area (Å²) in [4.78, 5) is 16.7. The third kappa shape index (κ3) is 3.04. The maximum Gasteiger partial charge on any atom is 0.266 e. The number of nitrogens with zero attached hydrogens (tertiary/aromatic N) is 1. The Balaban J connectivity index is 1.64. The molecule has 1 saturated heterocycles. The first-order chi connectivity index (χ1) is 14.6. The third-order valence-corrected chi connectivity index (χ3v) is 10.7. The molecule has 0 bridgehead atoms. The van der Waals surface area contributed by atoms with Crippen LogP contribution in [0.15, 0.2) is 66.0 Å². The normalized spacial score (nSPS) is 22.9. The highest BCUT2D eigenvalue weighted by molar-refractivity contribution is 8.18. The Kier molecular flexibility index (Phi) is 5.40. The second-order valence-electron chi connectivity index (χ2n) is 7.39. The van der Waals surface area contributed by atoms with Gasteiger partial charge in [0, 0.05) is 15.5 Å². The van der Waals surface area contributed by atoms with Crippen molar-refractivity contribution in [1.29, 1.82) is 0 Å². The van der Waals surface area contributed by atoms with Crippen LogP contribution < -0.4 is 4.90 Å². The van der Waals surface area contributed by atoms with E-state index in [2.05, 4.69) is 0 Å². The molecule has 1 N–H and O–H groups in total. The minimum Gasteiger partial charge on any atom is -0.373 e. The number of para-hydroxylation sites is 1. The SMILES string of the molecule is O=C1N(Cc2ccc(Cl)cc2)c2ccccc2C1(O)C1(c2cccs2)SCCCS1. The molecule has 2 aliphatic rings. The van der Waals surface area contributed by atoms with Gasteiger partial charge in [0.05, 0.1) is 12.2 Å². The minimum absolute atomic E-state index is 0.256. The van der Waals surface area contributed by atoms with E-state index in [9.17, 15) is 9.90 Å². The molecule has 30 heavy (non-hydrogen) atoms. The summed E-state index contributed by atoms with van der Waals surface area (Å²) in [6, 6.07) is 19.2. The number of aliphatic hydroxyl groups is 1. The Morgan fingerprint density at radius 1 is 1.00 bits per heavy atom. The summed E-state index contributed by atoms with van der Waals surface area (Å²) in [5.74, 6) is 1.58. The molecule has 3 aromatic rings. The van der Waals surface area contributed by atoms with Gasteiger partial charge in [-0.05, 0) is 53.1 Å². The molecule has 1 fully saturated rings. The van der Waals surface area contributed by atoms with E-state index in [4.69, 9.17) is 11.6 Å². The summed E-state index contributed by atoms with van der Waals surface area (Å²) in [5.41, 5.74) is 0.819. The average molecular weight is 474 g/mol. The van der Waals surface area contributed by atoms with Gasteiger partial charge in [-0.15, -0.1) is 34.9 Å². The molecule has 1 unspecified atom stereocenters. The van der Waals surface area contributed by atoms with Crippen molar-refractivity contribution in [3.8, 4) is 0 Å². The lowest BCUT2D eigenvalue weighted by molar-refractivity contribution is -0.137. The first-order valence-electron chi connectivity index (χ1n) is 9.76. The van der Waals surface area contributed by atoms with Crippen LogP contribution in [0, 0.1) is 0 Å². The molecule has 5 rings (SSSR count). The number of rotatable bonds is 4. The van der Waals surface area contributed by atoms with Crippen molar-refractivity contribution in [3.05, 3.63) is 87.1 Å². The van der Waals surface area contributed by atoms with Crippen molar-refractivity contribution < 1.29 is 9.90 Å². The van der Waals surface area contributed by atoms with Crippen LogP contribution in [0.4, 0.5) is 5.69 Å². The third-order valence-electron chi connectivity index (χ3n) is 5.61. The van der Waals surface area contributed by atoms with Gasteiger partial charge < -0.3 is 10.0 Å². The van der Waals surface area contributed by atoms with E-state index in [0.717, 1.165) is 34.1 Å². The van der Waals surface area contributed by atoms with E-state index in [1.54, 1.807) is 39.8 Å². The van der Waals surface area contributed by atoms with Crippen LogP contribution >= 0.6 is 46.5 Å². The molecule has 0 aliphatic carbocycles. The van der Waals surface area contributed by atoms with E-state index in [1.165, 1.54) is 0 Å². The average Bonchev–Trinajstić information content (AvgIpc) is 3.40. The van der Waals surface area contributed by atoms with E-state index in [0.29, 0.717) is 17.1 Å². The molecule has 0 spiro atoms. The van der Waals surface area contributed by atoms with Crippen molar-refractivity contribution >= 4 is 58.1 Å². The van der Waals surface area contributed by atoms with Gasteiger partial charge in [-0.1, -0.05) is 48.0 Å². The molecule has 0 radical (unpaired) electrons. The quantitative estimate of drug-likeness (QED) is 0.515. The van der Waals surface area contributed by atoms with Crippen LogP contribution in [0.25, 0.3) is 0 Å². The number of carbonyl (C=O) groups is 1. The number of halogens is 1. The van der Waals surface area contributed by atoms with Gasteiger partial charge in [0.15, 0.2) is 5.60 Å². The minimum atomic E-state index is -1.63. The van der Waals surface area contributed by atoms with Crippen LogP contribution in [0.3, 0.4) is 0 Å². The zero-order chi connectivity index (χ0) is 20.8. The van der Waals surface area contributed by atoms with Crippen LogP contribution in [0.5, 0.6) is 0 Å². The van der Waals surface area contributed by atoms with Gasteiger partial charge in [-0.3, -0.25) is 4.79 Å². The van der Waals surface area contributed by atoms with Gasteiger partial charge in [-0.2, -0.15) is 0 Å². The zero-order valence-corrected chi connectivity index (χ0v) is 19.3. The van der Waals surface area contributed by atoms with Crippen molar-refractivity contribution in [2.75, 3.05) is 16.4 Å². The highest BCUT2D eigenvalue weighted by Crippen LogP contribution is 2.64. The lowest BCUT2D eigenvalue weighted by Crippen LogP contribution is -2.53. The smallest absolute Gasteiger partial charge is 0.266 e. The summed E-state index contributed by atoms with van der Waals surface area (Å²) < 4.78 is -0.749. The summed E-state index contributed by atoms with van der Waals surface area (Å²) in [5, 5.41) is 15.0. The van der Waals surface area contributed by atoms with Gasteiger partial charge in [0.2, 0.25) is 0 Å². The maximum atomic E-state index is 14.0. The van der Waals surface area contributed by atoms with E-state index >= 15 is 0 Å². The molecule has 1 aromatic heterocycles. The molecular weight excluding hydrogens is 454 g/mol. The first-order valence-corrected chi connectivity index (χ1v) is 13.0. The molecule has 7 heteroatoms. The molecule has 154 valence electrons. The van der Waals surface area contributed by atoms with Crippen molar-refractivity contribution in [3.63, 3.8) is 0 Å². The van der Waals surface area contributed by atoms with Gasteiger partial charge in [-0.25, -0.2) is 0 Å². The van der Waals surface area contributed by atoms with Crippen LogP contribution in [0.2, 0.25) is 5.02 Å². The summed E-state index contributed by atoms with van der Waals surface area (Å²) in [6.07, 6.45) is 1.07. The van der Waals surface area contributed by atoms with Crippen LogP contribution in [-0.2, 0) is 21.0 Å². The lowest BCUT2D eigenvalue weighted by Gasteiger charge is -2.44. The van der Waals surface area contributed by atoms with Crippen LogP contribution in [-0.4, -0.2) is 22.5 Å². The first kappa shape index (κ1) is 20.5. The molecule has 3 heterocycles. The molecule has 0 saturated carbocycles. The Labute approximate surface area is 193 Å². The van der Waals surface area contributed by atoms with Crippen LogP contribution in [0.1, 0.15) is 22.4 Å². The topological polar surface area (TPSA) is 40.5 Å². The highest BCUT2D eigenvalue weighted by Gasteiger charge is 2.65. The zero-order valence-electron chi connectivity index (χ0n) is 16.1. The summed E-state index contributed by atoms with van der Waals surface area (Å²) >= 11 is 11.0. The van der Waals surface area contributed by atoms with Gasteiger partial charge in [0.25, 0.3) is 5.91 Å². The number of benzene rings is 2. The fraction of sp³-hybridized carbons (Fsp3) is 0.261. The maximum absolute atomic E-state index is 14.0. The molecule has 2 aromatic carbocycles.